The number of H-pyrrole nitrogens is 1. The zero-order valence-electron chi connectivity index (χ0n) is 11.9. The van der Waals surface area contributed by atoms with Gasteiger partial charge in [0.1, 0.15) is 16.9 Å². The van der Waals surface area contributed by atoms with Crippen molar-refractivity contribution in [3.8, 4) is 17.5 Å². The van der Waals surface area contributed by atoms with Gasteiger partial charge in [0.05, 0.1) is 6.07 Å². The van der Waals surface area contributed by atoms with Crippen LogP contribution in [0.3, 0.4) is 0 Å². The number of nitriles is 1. The summed E-state index contributed by atoms with van der Waals surface area (Å²) < 4.78 is 13.3. The number of aromatic nitrogens is 3. The third-order valence-electron chi connectivity index (χ3n) is 3.51. The van der Waals surface area contributed by atoms with Gasteiger partial charge < -0.3 is 15.2 Å². The van der Waals surface area contributed by atoms with Crippen molar-refractivity contribution in [2.75, 3.05) is 24.5 Å². The molecule has 0 amide bonds. The Balaban J connectivity index is 2.10. The molecule has 3 heterocycles. The predicted octanol–water partition coefficient (Wildman–Crippen LogP) is 0.926. The Morgan fingerprint density at radius 2 is 2.35 bits per heavy atom. The van der Waals surface area contributed by atoms with Gasteiger partial charge in [-0.25, -0.2) is 9.97 Å². The highest BCUT2D eigenvalue weighted by Gasteiger charge is 2.26. The Morgan fingerprint density at radius 3 is 3.09 bits per heavy atom. The Morgan fingerprint density at radius 1 is 1.52 bits per heavy atom. The lowest BCUT2D eigenvalue weighted by molar-refractivity contribution is 0.531. The number of anilines is 1. The van der Waals surface area contributed by atoms with Gasteiger partial charge in [-0.1, -0.05) is 11.6 Å². The first kappa shape index (κ1) is 15.4. The summed E-state index contributed by atoms with van der Waals surface area (Å²) in [5.41, 5.74) is -0.171. The average molecular weight is 335 g/mol. The number of halogens is 2. The molecule has 1 atom stereocenters. The van der Waals surface area contributed by atoms with Gasteiger partial charge in [0, 0.05) is 37.5 Å². The summed E-state index contributed by atoms with van der Waals surface area (Å²) in [6, 6.07) is 4.35. The lowest BCUT2D eigenvalue weighted by atomic mass is 10.2. The highest BCUT2D eigenvalue weighted by atomic mass is 35.5. The number of hydrogen-bond donors (Lipinski definition) is 2. The molecule has 1 fully saturated rings. The lowest BCUT2D eigenvalue weighted by Crippen LogP contribution is -2.51. The van der Waals surface area contributed by atoms with E-state index >= 15 is 0 Å². The van der Waals surface area contributed by atoms with Gasteiger partial charge in [0.15, 0.2) is 5.82 Å². The fourth-order valence-electron chi connectivity index (χ4n) is 2.40. The van der Waals surface area contributed by atoms with Gasteiger partial charge in [0.2, 0.25) is 5.95 Å². The minimum absolute atomic E-state index is 0.0922. The maximum Gasteiger partial charge on any atom is 0.272 e. The number of nitrogens with zero attached hydrogens (tertiary/aromatic N) is 4. The topological polar surface area (TPSA) is 97.7 Å². The summed E-state index contributed by atoms with van der Waals surface area (Å²) >= 11 is 6.08. The molecule has 118 valence electrons. The number of rotatable bonds is 2. The molecule has 0 unspecified atom stereocenters. The Labute approximate surface area is 135 Å². The molecule has 2 aromatic rings. The van der Waals surface area contributed by atoms with E-state index in [0.29, 0.717) is 25.2 Å². The molecule has 1 aliphatic rings. The normalized spacial score (nSPS) is 17.8. The Bertz CT molecular complexity index is 833. The fourth-order valence-corrected chi connectivity index (χ4v) is 2.59. The summed E-state index contributed by atoms with van der Waals surface area (Å²) in [6.07, 6.45) is 1.28. The molecule has 0 saturated carbocycles. The zero-order valence-corrected chi connectivity index (χ0v) is 12.6. The second-order valence-electron chi connectivity index (χ2n) is 4.96. The SMILES string of the molecule is N#C[C@H]1CNCCN1c1nc(-c2ccnc(F)c2)[nH]c(=O)c1Cl. The van der Waals surface area contributed by atoms with E-state index in [1.54, 1.807) is 4.90 Å². The molecule has 1 aliphatic heterocycles. The first-order valence-electron chi connectivity index (χ1n) is 6.89. The first-order valence-corrected chi connectivity index (χ1v) is 7.26. The summed E-state index contributed by atoms with van der Waals surface area (Å²) in [6.45, 7) is 1.57. The molecule has 0 radical (unpaired) electrons. The van der Waals surface area contributed by atoms with Gasteiger partial charge in [0.25, 0.3) is 5.56 Å². The lowest BCUT2D eigenvalue weighted by Gasteiger charge is -2.33. The zero-order chi connectivity index (χ0) is 16.4. The minimum atomic E-state index is -0.682. The maximum atomic E-state index is 13.3. The van der Waals surface area contributed by atoms with Gasteiger partial charge in [-0.2, -0.15) is 9.65 Å². The van der Waals surface area contributed by atoms with E-state index in [4.69, 9.17) is 11.6 Å². The number of pyridine rings is 1. The van der Waals surface area contributed by atoms with Crippen LogP contribution in [-0.4, -0.2) is 40.6 Å². The molecule has 0 bridgehead atoms. The average Bonchev–Trinajstić information content (AvgIpc) is 2.57. The van der Waals surface area contributed by atoms with Crippen molar-refractivity contribution in [2.45, 2.75) is 6.04 Å². The van der Waals surface area contributed by atoms with E-state index in [2.05, 4.69) is 26.3 Å². The molecular formula is C14H12ClFN6O. The van der Waals surface area contributed by atoms with Crippen LogP contribution in [0.15, 0.2) is 23.1 Å². The molecule has 0 aromatic carbocycles. The summed E-state index contributed by atoms with van der Waals surface area (Å²) in [5.74, 6) is -0.291. The van der Waals surface area contributed by atoms with Crippen LogP contribution in [0.25, 0.3) is 11.4 Å². The van der Waals surface area contributed by atoms with Crippen LogP contribution in [0.1, 0.15) is 0 Å². The van der Waals surface area contributed by atoms with Crippen LogP contribution in [-0.2, 0) is 0 Å². The second kappa shape index (κ2) is 6.32. The van der Waals surface area contributed by atoms with E-state index in [0.717, 1.165) is 6.07 Å². The van der Waals surface area contributed by atoms with Crippen LogP contribution < -0.4 is 15.8 Å². The smallest absolute Gasteiger partial charge is 0.272 e. The fraction of sp³-hybridized carbons (Fsp3) is 0.286. The first-order chi connectivity index (χ1) is 11.1. The third-order valence-corrected chi connectivity index (χ3v) is 3.85. The third kappa shape index (κ3) is 3.02. The quantitative estimate of drug-likeness (QED) is 0.793. The number of aromatic amines is 1. The molecule has 2 N–H and O–H groups in total. The number of hydrogen-bond acceptors (Lipinski definition) is 6. The van der Waals surface area contributed by atoms with Crippen molar-refractivity contribution >= 4 is 17.4 Å². The van der Waals surface area contributed by atoms with Crippen molar-refractivity contribution in [3.05, 3.63) is 39.7 Å². The van der Waals surface area contributed by atoms with E-state index in [1.807, 2.05) is 0 Å². The van der Waals surface area contributed by atoms with E-state index in [1.165, 1.54) is 12.3 Å². The molecule has 0 spiro atoms. The molecule has 9 heteroatoms. The standard InChI is InChI=1S/C14H12ClFN6O/c15-11-13(22-4-3-18-7-9(22)6-17)20-12(21-14(11)23)8-1-2-19-10(16)5-8/h1-2,5,9,18H,3-4,7H2,(H,20,21,23)/t9-/m0/s1. The molecule has 1 saturated heterocycles. The van der Waals surface area contributed by atoms with E-state index < -0.39 is 17.5 Å². The van der Waals surface area contributed by atoms with Crippen molar-refractivity contribution in [1.29, 1.82) is 5.26 Å². The van der Waals surface area contributed by atoms with E-state index in [-0.39, 0.29) is 16.7 Å². The van der Waals surface area contributed by atoms with Crippen molar-refractivity contribution in [1.82, 2.24) is 20.3 Å². The summed E-state index contributed by atoms with van der Waals surface area (Å²) in [5, 5.41) is 12.3. The van der Waals surface area contributed by atoms with Gasteiger partial charge >= 0.3 is 0 Å². The molecule has 2 aromatic heterocycles. The van der Waals surface area contributed by atoms with Gasteiger partial charge in [-0.3, -0.25) is 4.79 Å². The highest BCUT2D eigenvalue weighted by molar-refractivity contribution is 6.32. The van der Waals surface area contributed by atoms with Crippen molar-refractivity contribution in [2.24, 2.45) is 0 Å². The van der Waals surface area contributed by atoms with Crippen LogP contribution >= 0.6 is 11.6 Å². The van der Waals surface area contributed by atoms with Gasteiger partial charge in [-0.15, -0.1) is 0 Å². The van der Waals surface area contributed by atoms with Crippen LogP contribution in [0.2, 0.25) is 5.02 Å². The van der Waals surface area contributed by atoms with Crippen LogP contribution in [0.4, 0.5) is 10.2 Å². The highest BCUT2D eigenvalue weighted by Crippen LogP contribution is 2.25. The monoisotopic (exact) mass is 334 g/mol. The van der Waals surface area contributed by atoms with Crippen LogP contribution in [0.5, 0.6) is 0 Å². The maximum absolute atomic E-state index is 13.3. The number of piperazine rings is 1. The predicted molar refractivity (Wildman–Crippen MR) is 82.7 cm³/mol. The molecular weight excluding hydrogens is 323 g/mol. The van der Waals surface area contributed by atoms with Crippen molar-refractivity contribution in [3.63, 3.8) is 0 Å². The molecule has 23 heavy (non-hydrogen) atoms. The molecule has 3 rings (SSSR count). The second-order valence-corrected chi connectivity index (χ2v) is 5.34. The summed E-state index contributed by atoms with van der Waals surface area (Å²) in [7, 11) is 0. The Hall–Kier alpha value is -2.50. The largest absolute Gasteiger partial charge is 0.337 e. The van der Waals surface area contributed by atoms with Crippen molar-refractivity contribution < 1.29 is 4.39 Å². The van der Waals surface area contributed by atoms with Crippen LogP contribution in [0, 0.1) is 17.3 Å². The Kier molecular flexibility index (Phi) is 4.23. The molecule has 7 nitrogen and oxygen atoms in total. The van der Waals surface area contributed by atoms with E-state index in [9.17, 15) is 14.4 Å². The summed E-state index contributed by atoms with van der Waals surface area (Å²) in [4.78, 5) is 24.1. The van der Waals surface area contributed by atoms with Gasteiger partial charge in [-0.05, 0) is 6.07 Å². The minimum Gasteiger partial charge on any atom is -0.337 e. The number of nitrogens with one attached hydrogen (secondary N) is 2. The molecule has 0 aliphatic carbocycles.